The maximum atomic E-state index is 10.5. The van der Waals surface area contributed by atoms with E-state index in [1.165, 1.54) is 0 Å². The second-order valence-electron chi connectivity index (χ2n) is 7.67. The van der Waals surface area contributed by atoms with Crippen molar-refractivity contribution in [2.75, 3.05) is 0 Å². The lowest BCUT2D eigenvalue weighted by molar-refractivity contribution is -0.296. The highest BCUT2D eigenvalue weighted by Crippen LogP contribution is 2.41. The molecule has 0 aromatic heterocycles. The predicted molar refractivity (Wildman–Crippen MR) is 79.1 cm³/mol. The van der Waals surface area contributed by atoms with Gasteiger partial charge in [-0.2, -0.15) is 0 Å². The smallest absolute Gasteiger partial charge is 0.184 e. The lowest BCUT2D eigenvalue weighted by atomic mass is 9.71. The van der Waals surface area contributed by atoms with E-state index in [0.29, 0.717) is 25.2 Å². The zero-order valence-corrected chi connectivity index (χ0v) is 13.0. The molecule has 2 aliphatic carbocycles. The minimum absolute atomic E-state index is 0.0199. The molecule has 0 bridgehead atoms. The van der Waals surface area contributed by atoms with Crippen LogP contribution in [0.25, 0.3) is 0 Å². The third-order valence-electron chi connectivity index (χ3n) is 5.91. The summed E-state index contributed by atoms with van der Waals surface area (Å²) in [4.78, 5) is 0. The van der Waals surface area contributed by atoms with Crippen LogP contribution in [0.5, 0.6) is 0 Å². The Bertz CT molecular complexity index is 379. The summed E-state index contributed by atoms with van der Waals surface area (Å²) >= 11 is 0. The first-order valence-corrected chi connectivity index (χ1v) is 8.47. The van der Waals surface area contributed by atoms with Crippen molar-refractivity contribution in [1.29, 1.82) is 0 Å². The Hall–Kier alpha value is -0.240. The summed E-state index contributed by atoms with van der Waals surface area (Å²) in [5, 5.41) is 50.1. The molecule has 3 fully saturated rings. The molecule has 1 saturated heterocycles. The fourth-order valence-electron chi connectivity index (χ4n) is 4.72. The largest absolute Gasteiger partial charge is 0.427 e. The SMILES string of the molecule is CC1CC(O)C2CC(O)C(C3CC(O)C(O)C(O)C3)[OH+]C2C1. The Labute approximate surface area is 130 Å². The van der Waals surface area contributed by atoms with Gasteiger partial charge in [-0.15, -0.1) is 0 Å². The van der Waals surface area contributed by atoms with E-state index in [2.05, 4.69) is 6.92 Å². The molecule has 2 saturated carbocycles. The molecular formula is C16H29O6+. The average molecular weight is 317 g/mol. The normalized spacial score (nSPS) is 56.5. The number of aliphatic hydroxyl groups is 7. The van der Waals surface area contributed by atoms with Crippen molar-refractivity contribution in [2.45, 2.75) is 81.8 Å². The second-order valence-corrected chi connectivity index (χ2v) is 7.67. The van der Waals surface area contributed by atoms with E-state index in [-0.39, 0.29) is 24.0 Å². The van der Waals surface area contributed by atoms with Crippen LogP contribution in [0.2, 0.25) is 0 Å². The summed E-state index contributed by atoms with van der Waals surface area (Å²) in [6, 6.07) is 0. The van der Waals surface area contributed by atoms with Gasteiger partial charge in [-0.25, -0.2) is 0 Å². The first-order valence-electron chi connectivity index (χ1n) is 8.47. The number of hydrogen-bond acceptors (Lipinski definition) is 5. The summed E-state index contributed by atoms with van der Waals surface area (Å²) < 4.78 is 4.79. The third-order valence-corrected chi connectivity index (χ3v) is 5.91. The number of rotatable bonds is 1. The van der Waals surface area contributed by atoms with Gasteiger partial charge in [0.2, 0.25) is 0 Å². The van der Waals surface area contributed by atoms with Crippen LogP contribution in [-0.4, -0.2) is 73.0 Å². The highest BCUT2D eigenvalue weighted by atomic mass is 16.5. The molecule has 0 aromatic carbocycles. The molecule has 8 unspecified atom stereocenters. The Kier molecular flexibility index (Phi) is 4.79. The quantitative estimate of drug-likeness (QED) is 0.395. The van der Waals surface area contributed by atoms with E-state index in [1.54, 1.807) is 0 Å². The molecule has 0 spiro atoms. The molecule has 22 heavy (non-hydrogen) atoms. The van der Waals surface area contributed by atoms with Crippen LogP contribution in [0, 0.1) is 17.8 Å². The van der Waals surface area contributed by atoms with Crippen LogP contribution < -0.4 is 0 Å². The third kappa shape index (κ3) is 3.05. The number of fused-ring (bicyclic) bond motifs is 1. The van der Waals surface area contributed by atoms with E-state index < -0.39 is 30.5 Å². The van der Waals surface area contributed by atoms with Crippen LogP contribution >= 0.6 is 0 Å². The fourth-order valence-corrected chi connectivity index (χ4v) is 4.72. The molecule has 0 radical (unpaired) electrons. The molecule has 6 heteroatoms. The van der Waals surface area contributed by atoms with Gasteiger partial charge in [0.05, 0.1) is 24.2 Å². The number of hydrogen-bond donors (Lipinski definition) is 5. The van der Waals surface area contributed by atoms with Crippen LogP contribution in [0.1, 0.15) is 39.0 Å². The lowest BCUT2D eigenvalue weighted by Crippen LogP contribution is -2.58. The molecular weight excluding hydrogens is 288 g/mol. The van der Waals surface area contributed by atoms with Crippen LogP contribution in [0.15, 0.2) is 0 Å². The Morgan fingerprint density at radius 3 is 2.00 bits per heavy atom. The maximum Gasteiger partial charge on any atom is 0.184 e. The van der Waals surface area contributed by atoms with Crippen molar-refractivity contribution in [2.24, 2.45) is 17.8 Å². The number of aliphatic hydroxyl groups excluding tert-OH is 5. The van der Waals surface area contributed by atoms with E-state index in [4.69, 9.17) is 4.74 Å². The van der Waals surface area contributed by atoms with Gasteiger partial charge in [0.25, 0.3) is 0 Å². The van der Waals surface area contributed by atoms with E-state index >= 15 is 0 Å². The van der Waals surface area contributed by atoms with E-state index in [0.717, 1.165) is 12.8 Å². The summed E-state index contributed by atoms with van der Waals surface area (Å²) in [5.74, 6) is 0.311. The minimum atomic E-state index is -1.11. The summed E-state index contributed by atoms with van der Waals surface area (Å²) in [7, 11) is 0. The molecule has 0 aromatic rings. The zero-order valence-electron chi connectivity index (χ0n) is 13.0. The topological polar surface area (TPSA) is 114 Å². The van der Waals surface area contributed by atoms with E-state index in [9.17, 15) is 25.5 Å². The average Bonchev–Trinajstić information content (AvgIpc) is 2.44. The number of ether oxygens (including phenoxy) is 1. The summed E-state index contributed by atoms with van der Waals surface area (Å²) in [6.07, 6.45) is -1.47. The molecule has 6 nitrogen and oxygen atoms in total. The molecule has 1 heterocycles. The van der Waals surface area contributed by atoms with Gasteiger partial charge in [-0.05, 0) is 31.6 Å². The second kappa shape index (κ2) is 6.34. The van der Waals surface area contributed by atoms with Gasteiger partial charge in [0.1, 0.15) is 12.2 Å². The van der Waals surface area contributed by atoms with Crippen molar-refractivity contribution >= 4 is 0 Å². The van der Waals surface area contributed by atoms with Crippen molar-refractivity contribution in [1.82, 2.24) is 0 Å². The van der Waals surface area contributed by atoms with Gasteiger partial charge < -0.3 is 30.3 Å². The van der Waals surface area contributed by atoms with E-state index in [1.807, 2.05) is 0 Å². The summed E-state index contributed by atoms with van der Waals surface area (Å²) in [6.45, 7) is 2.11. The molecule has 1 aliphatic heterocycles. The van der Waals surface area contributed by atoms with Crippen molar-refractivity contribution < 1.29 is 30.3 Å². The van der Waals surface area contributed by atoms with Gasteiger partial charge in [0.15, 0.2) is 12.2 Å². The molecule has 0 amide bonds. The molecule has 6 N–H and O–H groups in total. The van der Waals surface area contributed by atoms with Crippen LogP contribution in [0.4, 0.5) is 0 Å². The zero-order chi connectivity index (χ0) is 16.0. The lowest BCUT2D eigenvalue weighted by Gasteiger charge is -2.46. The maximum absolute atomic E-state index is 10.5. The highest BCUT2D eigenvalue weighted by molar-refractivity contribution is 4.97. The fraction of sp³-hybridized carbons (Fsp3) is 1.00. The predicted octanol–water partition coefficient (Wildman–Crippen LogP) is -1.08. The molecule has 128 valence electrons. The Balaban J connectivity index is 1.70. The van der Waals surface area contributed by atoms with Gasteiger partial charge >= 0.3 is 0 Å². The van der Waals surface area contributed by atoms with Crippen molar-refractivity contribution in [3.05, 3.63) is 0 Å². The van der Waals surface area contributed by atoms with Crippen molar-refractivity contribution in [3.63, 3.8) is 0 Å². The molecule has 3 aliphatic rings. The highest BCUT2D eigenvalue weighted by Gasteiger charge is 2.52. The standard InChI is InChI=1S/C16H28O6/c1-7-2-10(17)9-6-13(20)16(22-14(9)3-7)8-4-11(18)15(21)12(19)5-8/h7-21H,2-6H2,1H3/p+1. The molecule has 8 atom stereocenters. The minimum Gasteiger partial charge on any atom is -0.427 e. The van der Waals surface area contributed by atoms with Gasteiger partial charge in [-0.3, -0.25) is 0 Å². The first-order chi connectivity index (χ1) is 10.4. The first kappa shape index (κ1) is 16.6. The monoisotopic (exact) mass is 317 g/mol. The Morgan fingerprint density at radius 2 is 1.36 bits per heavy atom. The van der Waals surface area contributed by atoms with Gasteiger partial charge in [-0.1, -0.05) is 6.92 Å². The summed E-state index contributed by atoms with van der Waals surface area (Å²) in [5.41, 5.74) is 0. The van der Waals surface area contributed by atoms with Gasteiger partial charge in [0, 0.05) is 12.3 Å². The van der Waals surface area contributed by atoms with Crippen molar-refractivity contribution in [3.8, 4) is 0 Å². The van der Waals surface area contributed by atoms with Crippen LogP contribution in [0.3, 0.4) is 0 Å². The Morgan fingerprint density at radius 1 is 0.727 bits per heavy atom. The molecule has 3 rings (SSSR count). The van der Waals surface area contributed by atoms with Crippen LogP contribution in [-0.2, 0) is 0 Å².